The molecule has 8 nitrogen and oxygen atoms in total. The van der Waals surface area contributed by atoms with Crippen LogP contribution in [0.15, 0.2) is 64.9 Å². The molecule has 1 fully saturated rings. The average Bonchev–Trinajstić information content (AvgIpc) is 3.53. The summed E-state index contributed by atoms with van der Waals surface area (Å²) in [5, 5.41) is 4.87. The molecule has 172 valence electrons. The van der Waals surface area contributed by atoms with Gasteiger partial charge in [-0.05, 0) is 38.0 Å². The van der Waals surface area contributed by atoms with E-state index in [2.05, 4.69) is 10.3 Å². The smallest absolute Gasteiger partial charge is 0.338 e. The molecule has 33 heavy (non-hydrogen) atoms. The number of sulfonamides is 1. The highest BCUT2D eigenvalue weighted by Crippen LogP contribution is 2.25. The van der Waals surface area contributed by atoms with Crippen LogP contribution < -0.4 is 5.32 Å². The molecule has 1 aliphatic heterocycles. The minimum Gasteiger partial charge on any atom is -0.449 e. The van der Waals surface area contributed by atoms with Gasteiger partial charge in [0.15, 0.2) is 11.2 Å². The van der Waals surface area contributed by atoms with E-state index in [1.807, 2.05) is 35.7 Å². The number of ether oxygens (including phenoxy) is 1. The Balaban J connectivity index is 1.39. The maximum Gasteiger partial charge on any atom is 0.338 e. The number of esters is 1. The summed E-state index contributed by atoms with van der Waals surface area (Å²) in [6.45, 7) is 2.39. The van der Waals surface area contributed by atoms with Gasteiger partial charge in [-0.1, -0.05) is 36.4 Å². The largest absolute Gasteiger partial charge is 0.449 e. The summed E-state index contributed by atoms with van der Waals surface area (Å²) in [4.78, 5) is 29.5. The molecule has 2 heterocycles. The number of aromatic nitrogens is 1. The fraction of sp³-hybridized carbons (Fsp3) is 0.261. The summed E-state index contributed by atoms with van der Waals surface area (Å²) in [7, 11) is -3.66. The van der Waals surface area contributed by atoms with Gasteiger partial charge in [-0.3, -0.25) is 10.1 Å². The molecule has 0 aliphatic carbocycles. The number of nitrogens with zero attached hydrogens (tertiary/aromatic N) is 2. The van der Waals surface area contributed by atoms with Crippen LogP contribution in [0.3, 0.4) is 0 Å². The van der Waals surface area contributed by atoms with E-state index in [-0.39, 0.29) is 10.5 Å². The van der Waals surface area contributed by atoms with Gasteiger partial charge in [-0.25, -0.2) is 18.2 Å². The summed E-state index contributed by atoms with van der Waals surface area (Å²) in [6, 6.07) is 15.2. The molecule has 1 aromatic heterocycles. The van der Waals surface area contributed by atoms with Gasteiger partial charge in [0.1, 0.15) is 0 Å². The normalized spacial score (nSPS) is 15.2. The van der Waals surface area contributed by atoms with E-state index in [0.29, 0.717) is 18.2 Å². The van der Waals surface area contributed by atoms with Crippen molar-refractivity contribution in [1.82, 2.24) is 9.29 Å². The molecule has 1 atom stereocenters. The van der Waals surface area contributed by atoms with Crippen molar-refractivity contribution in [3.63, 3.8) is 0 Å². The number of anilines is 1. The zero-order valence-corrected chi connectivity index (χ0v) is 19.6. The highest BCUT2D eigenvalue weighted by Gasteiger charge is 2.28. The average molecular weight is 486 g/mol. The predicted octanol–water partition coefficient (Wildman–Crippen LogP) is 3.78. The first-order chi connectivity index (χ1) is 15.8. The Morgan fingerprint density at radius 1 is 1.09 bits per heavy atom. The molecule has 4 rings (SSSR count). The first-order valence-electron chi connectivity index (χ1n) is 10.5. The molecule has 3 aromatic rings. The van der Waals surface area contributed by atoms with Gasteiger partial charge >= 0.3 is 5.97 Å². The second kappa shape index (κ2) is 9.82. The van der Waals surface area contributed by atoms with E-state index in [0.717, 1.165) is 24.1 Å². The standard InChI is InChI=1S/C23H23N3O5S2/c1-16(21(27)25-23-24-20(15-32-23)17-8-3-2-4-9-17)31-22(28)18-10-7-11-19(14-18)33(29,30)26-12-5-6-13-26/h2-4,7-11,14-16H,5-6,12-13H2,1H3,(H,24,25,27). The van der Waals surface area contributed by atoms with Crippen LogP contribution in [0.25, 0.3) is 11.3 Å². The third-order valence-electron chi connectivity index (χ3n) is 5.23. The molecule has 1 amide bonds. The van der Waals surface area contributed by atoms with Crippen LogP contribution >= 0.6 is 11.3 Å². The van der Waals surface area contributed by atoms with E-state index < -0.39 is 28.0 Å². The van der Waals surface area contributed by atoms with Gasteiger partial charge in [-0.15, -0.1) is 11.3 Å². The van der Waals surface area contributed by atoms with Crippen molar-refractivity contribution < 1.29 is 22.7 Å². The van der Waals surface area contributed by atoms with E-state index in [1.54, 1.807) is 0 Å². The van der Waals surface area contributed by atoms with E-state index in [1.165, 1.54) is 46.8 Å². The second-order valence-electron chi connectivity index (χ2n) is 7.58. The van der Waals surface area contributed by atoms with Crippen molar-refractivity contribution in [2.45, 2.75) is 30.8 Å². The summed E-state index contributed by atoms with van der Waals surface area (Å²) in [5.74, 6) is -1.31. The topological polar surface area (TPSA) is 106 Å². The number of hydrogen-bond acceptors (Lipinski definition) is 7. The van der Waals surface area contributed by atoms with Crippen LogP contribution in [-0.2, 0) is 19.6 Å². The molecule has 0 saturated carbocycles. The maximum absolute atomic E-state index is 12.8. The van der Waals surface area contributed by atoms with Crippen LogP contribution in [0, 0.1) is 0 Å². The first kappa shape index (κ1) is 23.1. The molecule has 2 aromatic carbocycles. The Morgan fingerprint density at radius 3 is 2.55 bits per heavy atom. The minimum atomic E-state index is -3.66. The molecule has 10 heteroatoms. The number of amides is 1. The Morgan fingerprint density at radius 2 is 1.82 bits per heavy atom. The van der Waals surface area contributed by atoms with Crippen LogP contribution in [0.2, 0.25) is 0 Å². The lowest BCUT2D eigenvalue weighted by atomic mass is 10.2. The number of nitrogens with one attached hydrogen (secondary N) is 1. The lowest BCUT2D eigenvalue weighted by molar-refractivity contribution is -0.123. The minimum absolute atomic E-state index is 0.0344. The Hall–Kier alpha value is -3.08. The van der Waals surface area contributed by atoms with Gasteiger partial charge in [0, 0.05) is 24.0 Å². The summed E-state index contributed by atoms with van der Waals surface area (Å²) in [5.41, 5.74) is 1.73. The molecule has 1 aliphatic rings. The van der Waals surface area contributed by atoms with Crippen LogP contribution in [0.1, 0.15) is 30.1 Å². The molecule has 1 unspecified atom stereocenters. The third-order valence-corrected chi connectivity index (χ3v) is 7.88. The molecule has 1 saturated heterocycles. The van der Waals surface area contributed by atoms with Crippen molar-refractivity contribution in [3.8, 4) is 11.3 Å². The number of benzene rings is 2. The molecule has 1 N–H and O–H groups in total. The van der Waals surface area contributed by atoms with Gasteiger partial charge in [0.25, 0.3) is 5.91 Å². The van der Waals surface area contributed by atoms with E-state index in [4.69, 9.17) is 4.74 Å². The zero-order chi connectivity index (χ0) is 23.4. The van der Waals surface area contributed by atoms with Crippen LogP contribution in [0.4, 0.5) is 5.13 Å². The lowest BCUT2D eigenvalue weighted by Gasteiger charge is -2.16. The molecular weight excluding hydrogens is 462 g/mol. The molecule has 0 radical (unpaired) electrons. The summed E-state index contributed by atoms with van der Waals surface area (Å²) < 4.78 is 32.2. The van der Waals surface area contributed by atoms with Crippen molar-refractivity contribution in [3.05, 3.63) is 65.5 Å². The van der Waals surface area contributed by atoms with Gasteiger partial charge in [-0.2, -0.15) is 4.31 Å². The van der Waals surface area contributed by atoms with Crippen LogP contribution in [0.5, 0.6) is 0 Å². The highest BCUT2D eigenvalue weighted by atomic mass is 32.2. The molecular formula is C23H23N3O5S2. The fourth-order valence-electron chi connectivity index (χ4n) is 3.42. The quantitative estimate of drug-likeness (QED) is 0.511. The lowest BCUT2D eigenvalue weighted by Crippen LogP contribution is -2.30. The third kappa shape index (κ3) is 5.29. The first-order valence-corrected chi connectivity index (χ1v) is 12.8. The second-order valence-corrected chi connectivity index (χ2v) is 10.4. The summed E-state index contributed by atoms with van der Waals surface area (Å²) in [6.07, 6.45) is 0.541. The number of carbonyl (C=O) groups is 2. The Kier molecular flexibility index (Phi) is 6.87. The maximum atomic E-state index is 12.8. The monoisotopic (exact) mass is 485 g/mol. The van der Waals surface area contributed by atoms with Crippen molar-refractivity contribution in [2.75, 3.05) is 18.4 Å². The molecule has 0 bridgehead atoms. The van der Waals surface area contributed by atoms with Crippen LogP contribution in [-0.4, -0.2) is 48.8 Å². The van der Waals surface area contributed by atoms with E-state index >= 15 is 0 Å². The van der Waals surface area contributed by atoms with Crippen molar-refractivity contribution in [2.24, 2.45) is 0 Å². The fourth-order valence-corrected chi connectivity index (χ4v) is 5.71. The number of carbonyl (C=O) groups excluding carboxylic acids is 2. The Labute approximate surface area is 196 Å². The van der Waals surface area contributed by atoms with Gasteiger partial charge in [0.05, 0.1) is 16.2 Å². The number of thiazole rings is 1. The van der Waals surface area contributed by atoms with Crippen molar-refractivity contribution >= 4 is 38.4 Å². The van der Waals surface area contributed by atoms with Gasteiger partial charge in [0.2, 0.25) is 10.0 Å². The SMILES string of the molecule is CC(OC(=O)c1cccc(S(=O)(=O)N2CCCC2)c1)C(=O)Nc1nc(-c2ccccc2)cs1. The highest BCUT2D eigenvalue weighted by molar-refractivity contribution is 7.89. The molecule has 0 spiro atoms. The van der Waals surface area contributed by atoms with E-state index in [9.17, 15) is 18.0 Å². The number of rotatable bonds is 7. The Bertz CT molecular complexity index is 1250. The number of hydrogen-bond donors (Lipinski definition) is 1. The van der Waals surface area contributed by atoms with Crippen molar-refractivity contribution in [1.29, 1.82) is 0 Å². The van der Waals surface area contributed by atoms with Gasteiger partial charge < -0.3 is 4.74 Å². The summed E-state index contributed by atoms with van der Waals surface area (Å²) >= 11 is 1.27. The predicted molar refractivity (Wildman–Crippen MR) is 125 cm³/mol. The zero-order valence-electron chi connectivity index (χ0n) is 17.9.